The van der Waals surface area contributed by atoms with Gasteiger partial charge >= 0.3 is 0 Å². The van der Waals surface area contributed by atoms with Crippen LogP contribution in [0.25, 0.3) is 11.2 Å². The normalized spacial score (nSPS) is 19.9. The summed E-state index contributed by atoms with van der Waals surface area (Å²) in [7, 11) is 0. The Hall–Kier alpha value is -5.10. The number of anilines is 2. The van der Waals surface area contributed by atoms with Gasteiger partial charge in [0.25, 0.3) is 0 Å². The fourth-order valence-corrected chi connectivity index (χ4v) is 6.73. The van der Waals surface area contributed by atoms with E-state index in [9.17, 15) is 15.3 Å². The van der Waals surface area contributed by atoms with Gasteiger partial charge in [0.15, 0.2) is 17.0 Å². The van der Waals surface area contributed by atoms with Crippen LogP contribution in [0.4, 0.5) is 11.8 Å². The molecule has 0 bridgehead atoms. The molecule has 5 atom stereocenters. The number of aryl methyl sites for hydroxylation is 1. The second kappa shape index (κ2) is 13.9. The maximum absolute atomic E-state index is 11.3. The fourth-order valence-electron chi connectivity index (χ4n) is 6.73. The quantitative estimate of drug-likeness (QED) is 0.130. The van der Waals surface area contributed by atoms with Crippen LogP contribution >= 0.6 is 0 Å². The van der Waals surface area contributed by atoms with Crippen molar-refractivity contribution in [2.24, 2.45) is 0 Å². The van der Waals surface area contributed by atoms with Crippen LogP contribution in [0.1, 0.15) is 46.7 Å². The molecule has 5 N–H and O–H groups in total. The van der Waals surface area contributed by atoms with E-state index in [1.54, 1.807) is 17.2 Å². The summed E-state index contributed by atoms with van der Waals surface area (Å²) >= 11 is 0. The molecule has 1 fully saturated rings. The molecule has 1 aliphatic carbocycles. The molecule has 3 aromatic heterocycles. The molecule has 1 saturated carbocycles. The zero-order valence-electron chi connectivity index (χ0n) is 26.7. The van der Waals surface area contributed by atoms with Crippen molar-refractivity contribution >= 4 is 22.9 Å². The second-order valence-electron chi connectivity index (χ2n) is 12.5. The molecule has 11 nitrogen and oxygen atoms in total. The van der Waals surface area contributed by atoms with Crippen molar-refractivity contribution in [2.45, 2.75) is 56.0 Å². The van der Waals surface area contributed by atoms with Crippen molar-refractivity contribution in [1.29, 1.82) is 0 Å². The van der Waals surface area contributed by atoms with E-state index in [1.165, 1.54) is 0 Å². The fraction of sp³-hybridized carbons (Fsp3) is 0.297. The lowest BCUT2D eigenvalue weighted by Crippen LogP contribution is -2.30. The Kier molecular flexibility index (Phi) is 9.15. The molecule has 3 heterocycles. The van der Waals surface area contributed by atoms with Crippen LogP contribution in [0.2, 0.25) is 0 Å². The van der Waals surface area contributed by atoms with E-state index >= 15 is 0 Å². The predicted molar refractivity (Wildman–Crippen MR) is 185 cm³/mol. The number of hydrogen-bond donors (Lipinski definition) is 5. The van der Waals surface area contributed by atoms with Crippen LogP contribution < -0.4 is 10.6 Å². The number of nitrogens with one attached hydrogen (secondary N) is 2. The summed E-state index contributed by atoms with van der Waals surface area (Å²) in [5, 5.41) is 44.0. The van der Waals surface area contributed by atoms with Crippen molar-refractivity contribution < 1.29 is 15.3 Å². The summed E-state index contributed by atoms with van der Waals surface area (Å²) < 4.78 is 3.55. The Labute approximate surface area is 279 Å². The molecule has 7 rings (SSSR count). The summed E-state index contributed by atoms with van der Waals surface area (Å²) in [5.74, 6) is 0.885. The molecule has 0 spiro atoms. The van der Waals surface area contributed by atoms with Crippen LogP contribution in [0.15, 0.2) is 110 Å². The van der Waals surface area contributed by atoms with E-state index in [2.05, 4.69) is 40.0 Å². The molecule has 0 unspecified atom stereocenters. The van der Waals surface area contributed by atoms with Gasteiger partial charge in [0.1, 0.15) is 12.2 Å². The molecule has 3 aromatic carbocycles. The number of rotatable bonds is 12. The molecule has 0 radical (unpaired) electrons. The zero-order valence-corrected chi connectivity index (χ0v) is 26.7. The number of fused-ring (bicyclic) bond motifs is 1. The Bertz CT molecular complexity index is 1890. The third-order valence-corrected chi connectivity index (χ3v) is 9.23. The summed E-state index contributed by atoms with van der Waals surface area (Å²) in [6, 6.07) is 29.4. The maximum Gasteiger partial charge on any atom is 0.227 e. The SMILES string of the molecule is Cc1cnn([C@H]2C[C@@H](n3cnc4c(NCC(c5ccccc5)c5ccccc5)nc(N[C@H](CO)Cc5ccccc5)nc43)[C@H](O)[C@@H]2O)c1. The van der Waals surface area contributed by atoms with E-state index < -0.39 is 24.3 Å². The minimum atomic E-state index is -1.07. The van der Waals surface area contributed by atoms with Crippen molar-refractivity contribution in [3.8, 4) is 0 Å². The van der Waals surface area contributed by atoms with E-state index in [0.717, 1.165) is 22.3 Å². The molecule has 1 aliphatic rings. The lowest BCUT2D eigenvalue weighted by Gasteiger charge is -2.21. The van der Waals surface area contributed by atoms with Gasteiger partial charge < -0.3 is 30.5 Å². The van der Waals surface area contributed by atoms with Gasteiger partial charge in [0.2, 0.25) is 5.95 Å². The highest BCUT2D eigenvalue weighted by Crippen LogP contribution is 2.40. The molecule has 0 saturated heterocycles. The highest BCUT2D eigenvalue weighted by atomic mass is 16.3. The summed E-state index contributed by atoms with van der Waals surface area (Å²) in [4.78, 5) is 14.5. The largest absolute Gasteiger partial charge is 0.394 e. The molecular weight excluding hydrogens is 604 g/mol. The monoisotopic (exact) mass is 644 g/mol. The van der Waals surface area contributed by atoms with Crippen molar-refractivity contribution in [3.63, 3.8) is 0 Å². The first-order chi connectivity index (χ1) is 23.5. The molecule has 0 amide bonds. The van der Waals surface area contributed by atoms with E-state index in [1.807, 2.05) is 84.4 Å². The van der Waals surface area contributed by atoms with Crippen LogP contribution in [0.3, 0.4) is 0 Å². The number of imidazole rings is 1. The smallest absolute Gasteiger partial charge is 0.227 e. The number of aromatic nitrogens is 6. The average Bonchev–Trinajstić information content (AvgIpc) is 3.83. The molecule has 0 aliphatic heterocycles. The average molecular weight is 645 g/mol. The third kappa shape index (κ3) is 6.52. The topological polar surface area (TPSA) is 146 Å². The third-order valence-electron chi connectivity index (χ3n) is 9.23. The van der Waals surface area contributed by atoms with Crippen LogP contribution in [0, 0.1) is 6.92 Å². The zero-order chi connectivity index (χ0) is 33.0. The number of benzene rings is 3. The first-order valence-corrected chi connectivity index (χ1v) is 16.3. The van der Waals surface area contributed by atoms with Crippen LogP contribution in [0.5, 0.6) is 0 Å². The van der Waals surface area contributed by atoms with Gasteiger partial charge in [-0.25, -0.2) is 4.98 Å². The van der Waals surface area contributed by atoms with Crippen molar-refractivity contribution in [2.75, 3.05) is 23.8 Å². The number of hydrogen-bond acceptors (Lipinski definition) is 9. The van der Waals surface area contributed by atoms with E-state index in [4.69, 9.17) is 15.0 Å². The van der Waals surface area contributed by atoms with Gasteiger partial charge in [-0.1, -0.05) is 91.0 Å². The van der Waals surface area contributed by atoms with Crippen molar-refractivity contribution in [1.82, 2.24) is 29.3 Å². The first-order valence-electron chi connectivity index (χ1n) is 16.3. The summed E-state index contributed by atoms with van der Waals surface area (Å²) in [6.45, 7) is 2.35. The maximum atomic E-state index is 11.3. The summed E-state index contributed by atoms with van der Waals surface area (Å²) in [5.41, 5.74) is 5.43. The Morgan fingerprint density at radius 1 is 0.854 bits per heavy atom. The number of aliphatic hydroxyl groups is 3. The lowest BCUT2D eigenvalue weighted by molar-refractivity contribution is 0.00722. The Morgan fingerprint density at radius 3 is 2.12 bits per heavy atom. The molecule has 11 heteroatoms. The van der Waals surface area contributed by atoms with Gasteiger partial charge in [0.05, 0.1) is 37.3 Å². The highest BCUT2D eigenvalue weighted by molar-refractivity contribution is 5.84. The van der Waals surface area contributed by atoms with Gasteiger partial charge in [0, 0.05) is 18.7 Å². The molecule has 246 valence electrons. The minimum Gasteiger partial charge on any atom is -0.394 e. The van der Waals surface area contributed by atoms with E-state index in [-0.39, 0.29) is 18.6 Å². The Morgan fingerprint density at radius 2 is 1.50 bits per heavy atom. The summed E-state index contributed by atoms with van der Waals surface area (Å²) in [6.07, 6.45) is 4.19. The van der Waals surface area contributed by atoms with Gasteiger partial charge in [-0.05, 0) is 42.0 Å². The minimum absolute atomic E-state index is 0.0317. The number of aliphatic hydroxyl groups excluding tert-OH is 3. The van der Waals surface area contributed by atoms with Crippen LogP contribution in [-0.4, -0.2) is 76.0 Å². The first kappa shape index (κ1) is 31.5. The predicted octanol–water partition coefficient (Wildman–Crippen LogP) is 4.50. The van der Waals surface area contributed by atoms with Gasteiger partial charge in [-0.3, -0.25) is 4.68 Å². The standard InChI is InChI=1S/C37H40N8O3/c1-24-19-40-45(21-24)31-18-30(33(47)34(31)48)44-23-39-32-35(38-20-29(26-13-7-3-8-14-26)27-15-9-4-10-16-27)42-37(43-36(32)44)41-28(22-46)17-25-11-5-2-6-12-25/h2-16,19,21,23,28-31,33-34,46-48H,17-18,20,22H2,1H3,(H2,38,41,42,43)/t28-,30+,31-,33-,34+/m0/s1. The van der Waals surface area contributed by atoms with Crippen molar-refractivity contribution in [3.05, 3.63) is 132 Å². The second-order valence-corrected chi connectivity index (χ2v) is 12.5. The number of nitrogens with zero attached hydrogens (tertiary/aromatic N) is 6. The van der Waals surface area contributed by atoms with Gasteiger partial charge in [-0.2, -0.15) is 15.1 Å². The lowest BCUT2D eigenvalue weighted by atomic mass is 9.91. The Balaban J connectivity index is 1.25. The molecular formula is C37H40N8O3. The molecule has 48 heavy (non-hydrogen) atoms. The van der Waals surface area contributed by atoms with Gasteiger partial charge in [-0.15, -0.1) is 0 Å². The highest BCUT2D eigenvalue weighted by Gasteiger charge is 2.44. The van der Waals surface area contributed by atoms with Crippen LogP contribution in [-0.2, 0) is 6.42 Å². The van der Waals surface area contributed by atoms with E-state index in [0.29, 0.717) is 42.3 Å². The molecule has 6 aromatic rings.